The highest BCUT2D eigenvalue weighted by Crippen LogP contribution is 2.15. The first kappa shape index (κ1) is 12.8. The Morgan fingerprint density at radius 1 is 1.11 bits per heavy atom. The second kappa shape index (κ2) is 5.77. The van der Waals surface area contributed by atoms with Gasteiger partial charge < -0.3 is 4.74 Å². The molecule has 0 atom stereocenters. The van der Waals surface area contributed by atoms with Crippen molar-refractivity contribution in [1.82, 2.24) is 0 Å². The lowest BCUT2D eigenvalue weighted by Gasteiger charge is -2.04. The van der Waals surface area contributed by atoms with E-state index in [-0.39, 0.29) is 12.1 Å². The summed E-state index contributed by atoms with van der Waals surface area (Å²) in [5, 5.41) is 10.6. The standard InChI is InChI=1S/C14H11NO4/c16-14(19-13-7-2-1-3-8-13)10-11-5-4-6-12(9-11)15(17)18/h1-9H,10H2. The molecule has 19 heavy (non-hydrogen) atoms. The van der Waals surface area contributed by atoms with E-state index >= 15 is 0 Å². The summed E-state index contributed by atoms with van der Waals surface area (Å²) < 4.78 is 5.11. The molecule has 0 fully saturated rings. The summed E-state index contributed by atoms with van der Waals surface area (Å²) >= 11 is 0. The zero-order chi connectivity index (χ0) is 13.7. The van der Waals surface area contributed by atoms with Crippen LogP contribution in [0.15, 0.2) is 54.6 Å². The van der Waals surface area contributed by atoms with E-state index in [0.29, 0.717) is 11.3 Å². The molecule has 0 aliphatic rings. The normalized spacial score (nSPS) is 9.89. The minimum atomic E-state index is -0.494. The summed E-state index contributed by atoms with van der Waals surface area (Å²) in [6, 6.07) is 14.6. The Morgan fingerprint density at radius 3 is 2.53 bits per heavy atom. The third-order valence-electron chi connectivity index (χ3n) is 2.44. The molecular weight excluding hydrogens is 246 g/mol. The molecule has 2 aromatic carbocycles. The van der Waals surface area contributed by atoms with E-state index in [1.807, 2.05) is 6.07 Å². The van der Waals surface area contributed by atoms with Crippen molar-refractivity contribution in [3.05, 3.63) is 70.3 Å². The molecule has 2 aromatic rings. The maximum absolute atomic E-state index is 11.7. The molecular formula is C14H11NO4. The summed E-state index contributed by atoms with van der Waals surface area (Å²) in [5.74, 6) is 0.00429. The molecule has 5 nitrogen and oxygen atoms in total. The number of non-ortho nitro benzene ring substituents is 1. The van der Waals surface area contributed by atoms with E-state index < -0.39 is 10.9 Å². The van der Waals surface area contributed by atoms with Crippen molar-refractivity contribution in [2.24, 2.45) is 0 Å². The van der Waals surface area contributed by atoms with Crippen LogP contribution >= 0.6 is 0 Å². The predicted molar refractivity (Wildman–Crippen MR) is 68.9 cm³/mol. The van der Waals surface area contributed by atoms with E-state index in [4.69, 9.17) is 4.74 Å². The SMILES string of the molecule is O=C(Cc1cccc([N+](=O)[O-])c1)Oc1ccccc1. The number of hydrogen-bond acceptors (Lipinski definition) is 4. The third kappa shape index (κ3) is 3.64. The molecule has 0 heterocycles. The van der Waals surface area contributed by atoms with Crippen LogP contribution in [0.2, 0.25) is 0 Å². The van der Waals surface area contributed by atoms with Crippen LogP contribution < -0.4 is 4.74 Å². The largest absolute Gasteiger partial charge is 0.426 e. The number of carbonyl (C=O) groups excluding carboxylic acids is 1. The van der Waals surface area contributed by atoms with Gasteiger partial charge in [0.05, 0.1) is 11.3 Å². The Labute approximate surface area is 109 Å². The van der Waals surface area contributed by atoms with E-state index in [0.717, 1.165) is 0 Å². The van der Waals surface area contributed by atoms with Gasteiger partial charge in [0, 0.05) is 12.1 Å². The van der Waals surface area contributed by atoms with Crippen molar-refractivity contribution in [3.63, 3.8) is 0 Å². The molecule has 0 saturated carbocycles. The molecule has 0 amide bonds. The van der Waals surface area contributed by atoms with Crippen LogP contribution in [-0.2, 0) is 11.2 Å². The Hall–Kier alpha value is -2.69. The molecule has 0 unspecified atom stereocenters. The van der Waals surface area contributed by atoms with E-state index in [9.17, 15) is 14.9 Å². The van der Waals surface area contributed by atoms with Gasteiger partial charge in [-0.3, -0.25) is 14.9 Å². The topological polar surface area (TPSA) is 69.4 Å². The van der Waals surface area contributed by atoms with Gasteiger partial charge >= 0.3 is 5.97 Å². The van der Waals surface area contributed by atoms with Crippen molar-refractivity contribution in [2.75, 3.05) is 0 Å². The molecule has 96 valence electrons. The van der Waals surface area contributed by atoms with Crippen molar-refractivity contribution < 1.29 is 14.5 Å². The fourth-order valence-electron chi connectivity index (χ4n) is 1.60. The Bertz CT molecular complexity index is 595. The maximum Gasteiger partial charge on any atom is 0.315 e. The predicted octanol–water partition coefficient (Wildman–Crippen LogP) is 2.74. The number of nitro benzene ring substituents is 1. The summed E-state index contributed by atoms with van der Waals surface area (Å²) in [5.41, 5.74) is 0.514. The highest BCUT2D eigenvalue weighted by atomic mass is 16.6. The first-order valence-corrected chi connectivity index (χ1v) is 5.64. The van der Waals surface area contributed by atoms with E-state index in [1.165, 1.54) is 12.1 Å². The van der Waals surface area contributed by atoms with Crippen LogP contribution in [-0.4, -0.2) is 10.9 Å². The van der Waals surface area contributed by atoms with Crippen molar-refractivity contribution in [2.45, 2.75) is 6.42 Å². The number of esters is 1. The van der Waals surface area contributed by atoms with Crippen LogP contribution in [0.4, 0.5) is 5.69 Å². The first-order chi connectivity index (χ1) is 9.15. The molecule has 2 rings (SSSR count). The number of rotatable bonds is 4. The Balaban J connectivity index is 2.03. The molecule has 0 spiro atoms. The third-order valence-corrected chi connectivity index (χ3v) is 2.44. The first-order valence-electron chi connectivity index (χ1n) is 5.64. The average molecular weight is 257 g/mol. The number of hydrogen-bond donors (Lipinski definition) is 0. The second-order valence-electron chi connectivity index (χ2n) is 3.89. The van der Waals surface area contributed by atoms with E-state index in [1.54, 1.807) is 36.4 Å². The fraction of sp³-hybridized carbons (Fsp3) is 0.0714. The lowest BCUT2D eigenvalue weighted by atomic mass is 10.1. The highest BCUT2D eigenvalue weighted by Gasteiger charge is 2.10. The summed E-state index contributed by atoms with van der Waals surface area (Å²) in [7, 11) is 0. The van der Waals surface area contributed by atoms with Crippen molar-refractivity contribution >= 4 is 11.7 Å². The van der Waals surface area contributed by atoms with Crippen LogP contribution in [0.5, 0.6) is 5.75 Å². The summed E-state index contributed by atoms with van der Waals surface area (Å²) in [6.45, 7) is 0. The van der Waals surface area contributed by atoms with Gasteiger partial charge in [-0.05, 0) is 17.7 Å². The number of ether oxygens (including phenoxy) is 1. The van der Waals surface area contributed by atoms with Gasteiger partial charge in [0.2, 0.25) is 0 Å². The minimum absolute atomic E-state index is 0.00340. The zero-order valence-electron chi connectivity index (χ0n) is 9.98. The van der Waals surface area contributed by atoms with Crippen LogP contribution in [0, 0.1) is 10.1 Å². The lowest BCUT2D eigenvalue weighted by Crippen LogP contribution is -2.11. The average Bonchev–Trinajstić information content (AvgIpc) is 2.40. The number of benzene rings is 2. The smallest absolute Gasteiger partial charge is 0.315 e. The van der Waals surface area contributed by atoms with Gasteiger partial charge in [0.1, 0.15) is 5.75 Å². The molecule has 0 N–H and O–H groups in total. The van der Waals surface area contributed by atoms with Crippen LogP contribution in [0.3, 0.4) is 0 Å². The Kier molecular flexibility index (Phi) is 3.87. The molecule has 5 heteroatoms. The number of nitrogens with zero attached hydrogens (tertiary/aromatic N) is 1. The van der Waals surface area contributed by atoms with Crippen LogP contribution in [0.25, 0.3) is 0 Å². The van der Waals surface area contributed by atoms with Gasteiger partial charge in [-0.25, -0.2) is 0 Å². The Morgan fingerprint density at radius 2 is 1.84 bits per heavy atom. The molecule has 0 radical (unpaired) electrons. The molecule has 0 aromatic heterocycles. The highest BCUT2D eigenvalue weighted by molar-refractivity contribution is 5.75. The lowest BCUT2D eigenvalue weighted by molar-refractivity contribution is -0.384. The zero-order valence-corrected chi connectivity index (χ0v) is 9.98. The molecule has 0 bridgehead atoms. The van der Waals surface area contributed by atoms with Gasteiger partial charge in [0.15, 0.2) is 0 Å². The van der Waals surface area contributed by atoms with Gasteiger partial charge in [-0.15, -0.1) is 0 Å². The monoisotopic (exact) mass is 257 g/mol. The number of nitro groups is 1. The van der Waals surface area contributed by atoms with Gasteiger partial charge in [0.25, 0.3) is 5.69 Å². The quantitative estimate of drug-likeness (QED) is 0.365. The summed E-state index contributed by atoms with van der Waals surface area (Å²) in [6.07, 6.45) is -0.00340. The minimum Gasteiger partial charge on any atom is -0.426 e. The van der Waals surface area contributed by atoms with Crippen molar-refractivity contribution in [1.29, 1.82) is 0 Å². The second-order valence-corrected chi connectivity index (χ2v) is 3.89. The van der Waals surface area contributed by atoms with Gasteiger partial charge in [-0.1, -0.05) is 30.3 Å². The molecule has 0 aliphatic carbocycles. The van der Waals surface area contributed by atoms with Gasteiger partial charge in [-0.2, -0.15) is 0 Å². The maximum atomic E-state index is 11.7. The molecule has 0 aliphatic heterocycles. The fourth-order valence-corrected chi connectivity index (χ4v) is 1.60. The van der Waals surface area contributed by atoms with Crippen molar-refractivity contribution in [3.8, 4) is 5.75 Å². The van der Waals surface area contributed by atoms with E-state index in [2.05, 4.69) is 0 Å². The van der Waals surface area contributed by atoms with Crippen LogP contribution in [0.1, 0.15) is 5.56 Å². The number of para-hydroxylation sites is 1. The number of carbonyl (C=O) groups is 1. The summed E-state index contributed by atoms with van der Waals surface area (Å²) in [4.78, 5) is 21.8. The molecule has 0 saturated heterocycles.